The summed E-state index contributed by atoms with van der Waals surface area (Å²) in [5, 5.41) is 12.4. The largest absolute Gasteiger partial charge is 0.481 e. The lowest BCUT2D eigenvalue weighted by atomic mass is 9.53. The van der Waals surface area contributed by atoms with Gasteiger partial charge in [0.25, 0.3) is 20.0 Å². The smallest absolute Gasteiger partial charge is 0.408 e. The zero-order valence-electron chi connectivity index (χ0n) is 45.9. The Morgan fingerprint density at radius 1 is 0.620 bits per heavy atom. The van der Waals surface area contributed by atoms with E-state index >= 15 is 0 Å². The molecular weight excluding hydrogens is 1050 g/mol. The second-order valence-corrected chi connectivity index (χ2v) is 27.2. The minimum absolute atomic E-state index is 0.000463. The number of nitrogen functional groups attached to an aromatic ring is 1. The first-order chi connectivity index (χ1) is 37.0. The maximum atomic E-state index is 13.2. The van der Waals surface area contributed by atoms with Crippen molar-refractivity contribution in [2.24, 2.45) is 22.1 Å². The maximum absolute atomic E-state index is 13.2. The van der Waals surface area contributed by atoms with Gasteiger partial charge in [0, 0.05) is 17.9 Å². The number of nitrogens with two attached hydrogens (primary N) is 1. The molecule has 0 spiro atoms. The SMILES string of the molecule is CC(C)(C)OC(=O)CC12CCC(C(=O)O)(CC1)CC2.Cc1ccc(S(=O)(=O)n2ccc3nc(NN)cnc32)cc1.Cc1ccc(S(=O)(=O)n2ccc3nc(NNC(=O)C45CCC(NC(=O)OC(C)(C)C)(CC4)CC5)cnc32)cc1. The minimum atomic E-state index is -3.83. The Morgan fingerprint density at radius 2 is 1.05 bits per heavy atom. The summed E-state index contributed by atoms with van der Waals surface area (Å²) >= 11 is 0. The Balaban J connectivity index is 0.000000172. The van der Waals surface area contributed by atoms with Crippen LogP contribution in [0.1, 0.15) is 136 Å². The first-order valence-corrected chi connectivity index (χ1v) is 29.2. The summed E-state index contributed by atoms with van der Waals surface area (Å²) < 4.78 is 64.5. The number of nitrogens with one attached hydrogen (secondary N) is 4. The monoisotopic (exact) mass is 1130 g/mol. The highest BCUT2D eigenvalue weighted by Crippen LogP contribution is 2.58. The number of rotatable bonds is 12. The van der Waals surface area contributed by atoms with Gasteiger partial charge in [0.1, 0.15) is 22.2 Å². The van der Waals surface area contributed by atoms with E-state index in [4.69, 9.17) is 15.3 Å². The number of benzene rings is 2. The quantitative estimate of drug-likeness (QED) is 0.0380. The molecule has 79 heavy (non-hydrogen) atoms. The number of fused-ring (bicyclic) bond motifs is 8. The fraction of sp³-hybridized carbons (Fsp3) is 0.491. The van der Waals surface area contributed by atoms with Gasteiger partial charge in [0.05, 0.1) is 39.4 Å². The third kappa shape index (κ3) is 12.8. The lowest BCUT2D eigenvalue weighted by molar-refractivity contribution is -0.166. The number of carboxylic acid groups (broad SMARTS) is 1. The molecular formula is C55H71N11O11S2. The summed E-state index contributed by atoms with van der Waals surface area (Å²) in [5.41, 5.74) is 8.84. The molecule has 0 aliphatic heterocycles. The fourth-order valence-corrected chi connectivity index (χ4v) is 13.6. The Labute approximate surface area is 460 Å². The van der Waals surface area contributed by atoms with Crippen molar-refractivity contribution in [2.75, 3.05) is 10.9 Å². The average molecular weight is 1130 g/mol. The predicted molar refractivity (Wildman–Crippen MR) is 295 cm³/mol. The van der Waals surface area contributed by atoms with E-state index in [9.17, 15) is 41.1 Å². The van der Waals surface area contributed by atoms with E-state index in [1.807, 2.05) is 55.4 Å². The summed E-state index contributed by atoms with van der Waals surface area (Å²) in [5.74, 6) is 5.00. The number of ether oxygens (including phenoxy) is 2. The van der Waals surface area contributed by atoms with Gasteiger partial charge in [-0.25, -0.2) is 55.4 Å². The molecule has 0 unspecified atom stereocenters. The number of hydrogen-bond donors (Lipinski definition) is 6. The molecule has 4 aromatic heterocycles. The van der Waals surface area contributed by atoms with Gasteiger partial charge >= 0.3 is 18.0 Å². The molecule has 24 heteroatoms. The van der Waals surface area contributed by atoms with Gasteiger partial charge in [0.15, 0.2) is 22.9 Å². The number of aromatic nitrogens is 6. The Kier molecular flexibility index (Phi) is 16.0. The van der Waals surface area contributed by atoms with Crippen molar-refractivity contribution < 1.29 is 50.6 Å². The molecule has 6 aromatic rings. The standard InChI is InChI=1S/C27H34N6O5S.C15H24O4.C13H13N5O2S/c1-18-5-7-19(8-6-18)39(36,37)33-16-9-20-22(33)28-17-21(29-20)31-32-23(34)26-10-13-27(14-11-26,15-12-26)30-24(35)38-25(2,3)4;1-13(2,3)19-11(16)10-14-4-7-15(8-5-14,9-6-14)12(17)18;1-9-2-4-10(5-3-9)21(19,20)18-7-6-11-13(18)15-8-12(16-11)17-14/h5-9,16-17H,10-15H2,1-4H3,(H,29,31)(H,30,35)(H,32,34);4-10H2,1-3H3,(H,17,18);2-8H,14H2,1H3,(H,16,17). The van der Waals surface area contributed by atoms with Crippen LogP contribution in [0.25, 0.3) is 22.3 Å². The molecule has 6 aliphatic rings. The van der Waals surface area contributed by atoms with Gasteiger partial charge < -0.3 is 25.3 Å². The maximum Gasteiger partial charge on any atom is 0.408 e. The van der Waals surface area contributed by atoms with Crippen LogP contribution in [0.3, 0.4) is 0 Å². The first kappa shape index (κ1) is 58.0. The third-order valence-corrected chi connectivity index (χ3v) is 19.0. The number of carbonyl (C=O) groups excluding carboxylic acids is 3. The lowest BCUT2D eigenvalue weighted by Crippen LogP contribution is -2.60. The number of aliphatic carboxylic acids is 1. The molecule has 4 heterocycles. The molecule has 6 saturated carbocycles. The molecule has 0 saturated heterocycles. The molecule has 424 valence electrons. The normalized spacial score (nSPS) is 22.6. The van der Waals surface area contributed by atoms with Gasteiger partial charge in [0.2, 0.25) is 5.91 Å². The first-order valence-electron chi connectivity index (χ1n) is 26.3. The zero-order valence-corrected chi connectivity index (χ0v) is 47.5. The van der Waals surface area contributed by atoms with E-state index in [1.165, 1.54) is 24.8 Å². The Bertz CT molecular complexity index is 3440. The Morgan fingerprint density at radius 3 is 1.48 bits per heavy atom. The van der Waals surface area contributed by atoms with Crippen molar-refractivity contribution >= 4 is 77.9 Å². The molecule has 22 nitrogen and oxygen atoms in total. The second-order valence-electron chi connectivity index (χ2n) is 23.5. The summed E-state index contributed by atoms with van der Waals surface area (Å²) in [6.07, 6.45) is 14.4. The second kappa shape index (κ2) is 21.8. The van der Waals surface area contributed by atoms with Crippen molar-refractivity contribution in [3.8, 4) is 0 Å². The van der Waals surface area contributed by atoms with Crippen molar-refractivity contribution in [1.82, 2.24) is 38.6 Å². The number of hydrogen-bond acceptors (Lipinski definition) is 17. The van der Waals surface area contributed by atoms with E-state index in [-0.39, 0.29) is 43.9 Å². The van der Waals surface area contributed by atoms with Crippen molar-refractivity contribution in [3.05, 3.63) is 96.6 Å². The van der Waals surface area contributed by atoms with E-state index in [1.54, 1.807) is 60.7 Å². The fourth-order valence-electron chi connectivity index (χ4n) is 11.0. The Hall–Kier alpha value is -7.18. The van der Waals surface area contributed by atoms with Crippen LogP contribution < -0.4 is 27.4 Å². The number of nitrogens with zero attached hydrogens (tertiary/aromatic N) is 6. The molecule has 7 N–H and O–H groups in total. The van der Waals surface area contributed by atoms with Gasteiger partial charge in [-0.05, 0) is 174 Å². The summed E-state index contributed by atoms with van der Waals surface area (Å²) in [6, 6.07) is 16.4. The van der Waals surface area contributed by atoms with E-state index in [2.05, 4.69) is 41.5 Å². The topological polar surface area (TPSA) is 311 Å². The summed E-state index contributed by atoms with van der Waals surface area (Å²) in [4.78, 5) is 66.3. The number of alkyl carbamates (subject to hydrolysis) is 1. The highest BCUT2D eigenvalue weighted by molar-refractivity contribution is 7.90. The van der Waals surface area contributed by atoms with Crippen LogP contribution in [-0.2, 0) is 43.9 Å². The van der Waals surface area contributed by atoms with Gasteiger partial charge in [-0.2, -0.15) is 0 Å². The number of carbonyl (C=O) groups is 4. The molecule has 6 aliphatic carbocycles. The number of amides is 2. The molecule has 0 radical (unpaired) electrons. The van der Waals surface area contributed by atoms with Crippen LogP contribution in [-0.4, -0.2) is 90.5 Å². The lowest BCUT2D eigenvalue weighted by Gasteiger charge is -2.52. The van der Waals surface area contributed by atoms with Gasteiger partial charge in [-0.15, -0.1) is 0 Å². The van der Waals surface area contributed by atoms with Crippen molar-refractivity contribution in [3.63, 3.8) is 0 Å². The van der Waals surface area contributed by atoms with Crippen LogP contribution in [0.2, 0.25) is 0 Å². The van der Waals surface area contributed by atoms with E-state index in [0.717, 1.165) is 38.3 Å². The molecule has 6 fully saturated rings. The van der Waals surface area contributed by atoms with Gasteiger partial charge in [-0.3, -0.25) is 25.2 Å². The van der Waals surface area contributed by atoms with Crippen molar-refractivity contribution in [1.29, 1.82) is 0 Å². The molecule has 2 aromatic carbocycles. The predicted octanol–water partition coefficient (Wildman–Crippen LogP) is 8.44. The average Bonchev–Trinajstić information content (AvgIpc) is 4.04. The van der Waals surface area contributed by atoms with Crippen LogP contribution in [0.4, 0.5) is 16.4 Å². The molecule has 4 bridgehead atoms. The van der Waals surface area contributed by atoms with Crippen LogP contribution >= 0.6 is 0 Å². The van der Waals surface area contributed by atoms with Crippen molar-refractivity contribution in [2.45, 2.75) is 165 Å². The van der Waals surface area contributed by atoms with Crippen LogP contribution in [0, 0.1) is 30.1 Å². The third-order valence-electron chi connectivity index (χ3n) is 15.6. The zero-order chi connectivity index (χ0) is 57.4. The van der Waals surface area contributed by atoms with E-state index in [0.29, 0.717) is 86.9 Å². The van der Waals surface area contributed by atoms with E-state index < -0.39 is 54.1 Å². The molecule has 2 amide bonds. The number of hydrazine groups is 2. The number of esters is 1. The minimum Gasteiger partial charge on any atom is -0.481 e. The molecule has 12 rings (SSSR count). The van der Waals surface area contributed by atoms with Crippen LogP contribution in [0.15, 0.2) is 95.2 Å². The highest BCUT2D eigenvalue weighted by atomic mass is 32.2. The number of anilines is 2. The highest BCUT2D eigenvalue weighted by Gasteiger charge is 2.54. The van der Waals surface area contributed by atoms with Crippen LogP contribution in [0.5, 0.6) is 0 Å². The van der Waals surface area contributed by atoms with Gasteiger partial charge in [-0.1, -0.05) is 35.4 Å². The number of carboxylic acids is 1. The summed E-state index contributed by atoms with van der Waals surface area (Å²) in [6.45, 7) is 14.9. The summed E-state index contributed by atoms with van der Waals surface area (Å²) in [7, 11) is -7.53. The molecule has 0 atom stereocenters. The number of aryl methyl sites for hydroxylation is 2.